The van der Waals surface area contributed by atoms with Crippen molar-refractivity contribution in [3.05, 3.63) is 84.4 Å². The lowest BCUT2D eigenvalue weighted by Crippen LogP contribution is -2.52. The Bertz CT molecular complexity index is 959. The van der Waals surface area contributed by atoms with Gasteiger partial charge in [0.2, 0.25) is 5.91 Å². The number of pyridine rings is 2. The van der Waals surface area contributed by atoms with E-state index in [1.165, 1.54) is 11.1 Å². The van der Waals surface area contributed by atoms with Gasteiger partial charge in [-0.15, -0.1) is 0 Å². The summed E-state index contributed by atoms with van der Waals surface area (Å²) < 4.78 is 0. The Morgan fingerprint density at radius 3 is 2.23 bits per heavy atom. The summed E-state index contributed by atoms with van der Waals surface area (Å²) in [4.78, 5) is 23.6. The lowest BCUT2D eigenvalue weighted by Gasteiger charge is -2.41. The lowest BCUT2D eigenvalue weighted by molar-refractivity contribution is -0.134. The zero-order chi connectivity index (χ0) is 20.8. The molecular formula is C25H28N4O. The van der Waals surface area contributed by atoms with Crippen molar-refractivity contribution in [3.63, 3.8) is 0 Å². The predicted octanol–water partition coefficient (Wildman–Crippen LogP) is 3.71. The molecule has 30 heavy (non-hydrogen) atoms. The molecule has 154 valence electrons. The number of rotatable bonds is 6. The highest BCUT2D eigenvalue weighted by Gasteiger charge is 2.41. The Morgan fingerprint density at radius 1 is 0.933 bits per heavy atom. The highest BCUT2D eigenvalue weighted by Crippen LogP contribution is 2.35. The third kappa shape index (κ3) is 4.57. The van der Waals surface area contributed by atoms with Gasteiger partial charge >= 0.3 is 0 Å². The molecule has 2 aromatic heterocycles. The highest BCUT2D eigenvalue weighted by molar-refractivity contribution is 5.83. The topological polar surface area (TPSA) is 58.1 Å². The maximum Gasteiger partial charge on any atom is 0.227 e. The number of aromatic nitrogens is 2. The second kappa shape index (κ2) is 9.18. The first kappa shape index (κ1) is 20.2. The molecular weight excluding hydrogens is 372 g/mol. The van der Waals surface area contributed by atoms with Gasteiger partial charge in [0.25, 0.3) is 0 Å². The van der Waals surface area contributed by atoms with Gasteiger partial charge in [0.05, 0.1) is 5.41 Å². The number of carbonyl (C=O) groups excluding carboxylic acids is 1. The van der Waals surface area contributed by atoms with Crippen LogP contribution in [0.2, 0.25) is 0 Å². The number of hydrogen-bond donors (Lipinski definition) is 1. The van der Waals surface area contributed by atoms with Gasteiger partial charge in [-0.2, -0.15) is 0 Å². The van der Waals surface area contributed by atoms with E-state index in [-0.39, 0.29) is 5.91 Å². The molecule has 1 aliphatic rings. The Labute approximate surface area is 178 Å². The molecule has 1 amide bonds. The number of nitrogens with one attached hydrogen (secondary N) is 1. The Hall–Kier alpha value is -3.05. The molecule has 1 aliphatic heterocycles. The molecule has 5 nitrogen and oxygen atoms in total. The smallest absolute Gasteiger partial charge is 0.227 e. The zero-order valence-corrected chi connectivity index (χ0v) is 17.4. The van der Waals surface area contributed by atoms with E-state index in [1.807, 2.05) is 49.1 Å². The van der Waals surface area contributed by atoms with Crippen LogP contribution in [0.4, 0.5) is 0 Å². The molecule has 1 atom stereocenters. The van der Waals surface area contributed by atoms with Gasteiger partial charge in [-0.1, -0.05) is 24.3 Å². The fourth-order valence-electron chi connectivity index (χ4n) is 4.53. The van der Waals surface area contributed by atoms with Crippen molar-refractivity contribution in [2.75, 3.05) is 20.1 Å². The van der Waals surface area contributed by atoms with Crippen molar-refractivity contribution in [1.29, 1.82) is 0 Å². The number of likely N-dealkylation sites (tertiary alicyclic amines) is 1. The van der Waals surface area contributed by atoms with Crippen LogP contribution in [-0.2, 0) is 17.8 Å². The molecule has 0 aliphatic carbocycles. The van der Waals surface area contributed by atoms with E-state index in [2.05, 4.69) is 44.5 Å². The van der Waals surface area contributed by atoms with E-state index in [0.29, 0.717) is 0 Å². The summed E-state index contributed by atoms with van der Waals surface area (Å²) in [5.74, 6) is 0.139. The first-order valence-electron chi connectivity index (χ1n) is 10.5. The SMILES string of the molecule is CNC(=O)[C@]1(Cc2ccc(-c3ccncc3)cc2)CCCN(Cc2ccncc2)C1. The molecule has 0 spiro atoms. The van der Waals surface area contributed by atoms with Crippen LogP contribution in [0.5, 0.6) is 0 Å². The average molecular weight is 401 g/mol. The molecule has 0 bridgehead atoms. The number of nitrogens with zero attached hydrogens (tertiary/aromatic N) is 3. The summed E-state index contributed by atoms with van der Waals surface area (Å²) in [6.45, 7) is 2.63. The van der Waals surface area contributed by atoms with Crippen molar-refractivity contribution >= 4 is 5.91 Å². The largest absolute Gasteiger partial charge is 0.359 e. The van der Waals surface area contributed by atoms with Crippen molar-refractivity contribution in [1.82, 2.24) is 20.2 Å². The number of hydrogen-bond acceptors (Lipinski definition) is 4. The van der Waals surface area contributed by atoms with Crippen LogP contribution < -0.4 is 5.32 Å². The van der Waals surface area contributed by atoms with E-state index in [0.717, 1.165) is 50.0 Å². The first-order valence-corrected chi connectivity index (χ1v) is 10.5. The molecule has 0 unspecified atom stereocenters. The maximum absolute atomic E-state index is 13.0. The Morgan fingerprint density at radius 2 is 1.57 bits per heavy atom. The second-order valence-electron chi connectivity index (χ2n) is 8.14. The van der Waals surface area contributed by atoms with E-state index < -0.39 is 5.41 Å². The van der Waals surface area contributed by atoms with Gasteiger partial charge in [0.15, 0.2) is 0 Å². The number of carbonyl (C=O) groups is 1. The molecule has 0 radical (unpaired) electrons. The monoisotopic (exact) mass is 400 g/mol. The van der Waals surface area contributed by atoms with Crippen LogP contribution in [0.3, 0.4) is 0 Å². The average Bonchev–Trinajstić information content (AvgIpc) is 2.80. The van der Waals surface area contributed by atoms with Gasteiger partial charge < -0.3 is 5.32 Å². The molecule has 3 aromatic rings. The summed E-state index contributed by atoms with van der Waals surface area (Å²) in [6.07, 6.45) is 9.95. The lowest BCUT2D eigenvalue weighted by atomic mass is 9.74. The van der Waals surface area contributed by atoms with Gasteiger partial charge in [-0.05, 0) is 72.3 Å². The predicted molar refractivity (Wildman–Crippen MR) is 119 cm³/mol. The quantitative estimate of drug-likeness (QED) is 0.685. The van der Waals surface area contributed by atoms with E-state index in [9.17, 15) is 4.79 Å². The fraction of sp³-hybridized carbons (Fsp3) is 0.320. The molecule has 5 heteroatoms. The molecule has 1 saturated heterocycles. The van der Waals surface area contributed by atoms with Crippen molar-refractivity contribution < 1.29 is 4.79 Å². The molecule has 3 heterocycles. The Balaban J connectivity index is 1.52. The standard InChI is InChI=1S/C25H28N4O/c1-26-24(30)25(11-2-16-29(19-25)18-21-7-12-27-13-8-21)17-20-3-5-22(6-4-20)23-9-14-28-15-10-23/h3-10,12-15H,2,11,16-19H2,1H3,(H,26,30)/t25-/m0/s1. The van der Waals surface area contributed by atoms with Gasteiger partial charge in [-0.25, -0.2) is 0 Å². The van der Waals surface area contributed by atoms with E-state index >= 15 is 0 Å². The summed E-state index contributed by atoms with van der Waals surface area (Å²) in [5, 5.41) is 2.93. The fourth-order valence-corrected chi connectivity index (χ4v) is 4.53. The summed E-state index contributed by atoms with van der Waals surface area (Å²) in [5.41, 5.74) is 4.34. The van der Waals surface area contributed by atoms with Gasteiger partial charge in [0, 0.05) is 44.9 Å². The zero-order valence-electron chi connectivity index (χ0n) is 17.4. The minimum absolute atomic E-state index is 0.139. The van der Waals surface area contributed by atoms with Gasteiger partial charge in [0.1, 0.15) is 0 Å². The first-order chi connectivity index (χ1) is 14.7. The van der Waals surface area contributed by atoms with Crippen LogP contribution in [-0.4, -0.2) is 40.9 Å². The van der Waals surface area contributed by atoms with Crippen LogP contribution in [0.15, 0.2) is 73.3 Å². The second-order valence-corrected chi connectivity index (χ2v) is 8.14. The van der Waals surface area contributed by atoms with Crippen molar-refractivity contribution in [2.45, 2.75) is 25.8 Å². The number of benzene rings is 1. The third-order valence-electron chi connectivity index (χ3n) is 6.03. The molecule has 1 N–H and O–H groups in total. The number of piperidine rings is 1. The maximum atomic E-state index is 13.0. The normalized spacial score (nSPS) is 19.4. The molecule has 1 aromatic carbocycles. The van der Waals surface area contributed by atoms with Crippen LogP contribution in [0, 0.1) is 5.41 Å². The van der Waals surface area contributed by atoms with Crippen LogP contribution >= 0.6 is 0 Å². The summed E-state index contributed by atoms with van der Waals surface area (Å²) >= 11 is 0. The van der Waals surface area contributed by atoms with Crippen molar-refractivity contribution in [3.8, 4) is 11.1 Å². The van der Waals surface area contributed by atoms with Crippen molar-refractivity contribution in [2.24, 2.45) is 5.41 Å². The third-order valence-corrected chi connectivity index (χ3v) is 6.03. The minimum Gasteiger partial charge on any atom is -0.359 e. The van der Waals surface area contributed by atoms with E-state index in [4.69, 9.17) is 0 Å². The molecule has 1 fully saturated rings. The van der Waals surface area contributed by atoms with Crippen LogP contribution in [0.25, 0.3) is 11.1 Å². The number of amides is 1. The molecule has 4 rings (SSSR count). The van der Waals surface area contributed by atoms with Gasteiger partial charge in [-0.3, -0.25) is 19.7 Å². The van der Waals surface area contributed by atoms with E-state index in [1.54, 1.807) is 7.05 Å². The summed E-state index contributed by atoms with van der Waals surface area (Å²) in [7, 11) is 1.75. The minimum atomic E-state index is -0.405. The van der Waals surface area contributed by atoms with Crippen LogP contribution in [0.1, 0.15) is 24.0 Å². The summed E-state index contributed by atoms with van der Waals surface area (Å²) in [6, 6.07) is 16.7. The Kier molecular flexibility index (Phi) is 6.19. The highest BCUT2D eigenvalue weighted by atomic mass is 16.2. The molecule has 0 saturated carbocycles.